The zero-order valence-corrected chi connectivity index (χ0v) is 19.4. The maximum Gasteiger partial charge on any atom is 0.417 e. The molecule has 0 aliphatic heterocycles. The number of urea groups is 1. The van der Waals surface area contributed by atoms with Gasteiger partial charge in [-0.15, -0.1) is 0 Å². The molecule has 15 heteroatoms. The van der Waals surface area contributed by atoms with Crippen LogP contribution < -0.4 is 21.7 Å². The summed E-state index contributed by atoms with van der Waals surface area (Å²) < 4.78 is 44.0. The first kappa shape index (κ1) is 25.7. The molecule has 0 aliphatic rings. The van der Waals surface area contributed by atoms with Crippen molar-refractivity contribution in [3.8, 4) is 11.3 Å². The number of hydrogen-bond donors (Lipinski definition) is 5. The van der Waals surface area contributed by atoms with Gasteiger partial charge in [0.2, 0.25) is 0 Å². The smallest absolute Gasteiger partial charge is 0.417 e. The Hall–Kier alpha value is -4.43. The van der Waals surface area contributed by atoms with Crippen LogP contribution in [0.15, 0.2) is 48.8 Å². The molecule has 6 N–H and O–H groups in total. The highest BCUT2D eigenvalue weighted by molar-refractivity contribution is 6.31. The molecule has 37 heavy (non-hydrogen) atoms. The molecular weight excluding hydrogens is 517 g/mol. The molecule has 2 aromatic heterocycles. The van der Waals surface area contributed by atoms with E-state index in [0.29, 0.717) is 28.0 Å². The molecule has 192 valence electrons. The lowest BCUT2D eigenvalue weighted by atomic mass is 10.1. The Balaban J connectivity index is 1.46. The lowest BCUT2D eigenvalue weighted by Crippen LogP contribution is -2.19. The number of nitrogens with two attached hydrogens (primary N) is 1. The summed E-state index contributed by atoms with van der Waals surface area (Å²) in [4.78, 5) is 32.3. The zero-order chi connectivity index (χ0) is 26.6. The fraction of sp³-hybridized carbons (Fsp3) is 0.136. The summed E-state index contributed by atoms with van der Waals surface area (Å²) in [6.45, 7) is 0.217. The summed E-state index contributed by atoms with van der Waals surface area (Å²) >= 11 is 5.60. The van der Waals surface area contributed by atoms with Crippen LogP contribution >= 0.6 is 11.6 Å². The Labute approximate surface area is 211 Å². The molecule has 0 aliphatic carbocycles. The highest BCUT2D eigenvalue weighted by Gasteiger charge is 2.33. The van der Waals surface area contributed by atoms with Gasteiger partial charge in [-0.2, -0.15) is 18.3 Å². The van der Waals surface area contributed by atoms with Crippen molar-refractivity contribution < 1.29 is 27.5 Å². The molecule has 0 bridgehead atoms. The number of nitrogens with zero attached hydrogens (tertiary/aromatic N) is 3. The molecule has 0 fully saturated rings. The van der Waals surface area contributed by atoms with Crippen LogP contribution in [0.1, 0.15) is 5.56 Å². The average Bonchev–Trinajstić information content (AvgIpc) is 3.29. The normalized spacial score (nSPS) is 11.3. The third kappa shape index (κ3) is 6.05. The van der Waals surface area contributed by atoms with Gasteiger partial charge in [-0.3, -0.25) is 10.4 Å². The largest absolute Gasteiger partial charge is 0.448 e. The van der Waals surface area contributed by atoms with Gasteiger partial charge in [0.25, 0.3) is 0 Å². The van der Waals surface area contributed by atoms with Gasteiger partial charge in [-0.05, 0) is 30.3 Å². The average molecular weight is 535 g/mol. The van der Waals surface area contributed by atoms with Gasteiger partial charge in [0.05, 0.1) is 10.6 Å². The summed E-state index contributed by atoms with van der Waals surface area (Å²) in [6, 6.07) is 8.75. The highest BCUT2D eigenvalue weighted by atomic mass is 35.5. The number of carbonyl (C=O) groups is 2. The van der Waals surface area contributed by atoms with Crippen LogP contribution in [-0.4, -0.2) is 45.4 Å². The van der Waals surface area contributed by atoms with E-state index in [1.165, 1.54) is 12.4 Å². The number of benzene rings is 2. The van der Waals surface area contributed by atoms with E-state index in [-0.39, 0.29) is 24.7 Å². The Bertz CT molecular complexity index is 1440. The monoisotopic (exact) mass is 534 g/mol. The van der Waals surface area contributed by atoms with Gasteiger partial charge in [0.15, 0.2) is 5.82 Å². The van der Waals surface area contributed by atoms with Gasteiger partial charge in [-0.1, -0.05) is 23.7 Å². The Morgan fingerprint density at radius 3 is 2.43 bits per heavy atom. The van der Waals surface area contributed by atoms with Crippen LogP contribution in [0.3, 0.4) is 0 Å². The van der Waals surface area contributed by atoms with E-state index in [4.69, 9.17) is 22.1 Å². The maximum absolute atomic E-state index is 13.0. The molecule has 4 aromatic rings. The minimum Gasteiger partial charge on any atom is -0.448 e. The van der Waals surface area contributed by atoms with Gasteiger partial charge in [0, 0.05) is 23.5 Å². The Kier molecular flexibility index (Phi) is 7.40. The van der Waals surface area contributed by atoms with Crippen molar-refractivity contribution in [2.75, 3.05) is 29.1 Å². The number of amides is 3. The van der Waals surface area contributed by atoms with Crippen molar-refractivity contribution in [3.05, 3.63) is 59.4 Å². The molecule has 3 amide bonds. The Morgan fingerprint density at radius 2 is 1.73 bits per heavy atom. The molecule has 0 saturated heterocycles. The van der Waals surface area contributed by atoms with Crippen LogP contribution in [0.2, 0.25) is 5.02 Å². The maximum atomic E-state index is 13.0. The first-order valence-corrected chi connectivity index (χ1v) is 10.9. The van der Waals surface area contributed by atoms with Gasteiger partial charge >= 0.3 is 18.3 Å². The Morgan fingerprint density at radius 1 is 1.03 bits per heavy atom. The second-order valence-corrected chi connectivity index (χ2v) is 7.82. The van der Waals surface area contributed by atoms with E-state index in [1.807, 2.05) is 0 Å². The third-order valence-corrected chi connectivity index (χ3v) is 5.20. The number of carbonyl (C=O) groups excluding carboxylic acids is 2. The summed E-state index contributed by atoms with van der Waals surface area (Å²) in [5.74, 6) is 0.164. The van der Waals surface area contributed by atoms with E-state index in [9.17, 15) is 22.8 Å². The number of aromatic amines is 1. The molecule has 2 aromatic carbocycles. The number of H-pyrrole nitrogens is 1. The number of halogens is 4. The minimum atomic E-state index is -4.66. The molecule has 4 rings (SSSR count). The van der Waals surface area contributed by atoms with E-state index < -0.39 is 28.9 Å². The van der Waals surface area contributed by atoms with Gasteiger partial charge in [0.1, 0.15) is 29.7 Å². The third-order valence-electron chi connectivity index (χ3n) is 4.87. The van der Waals surface area contributed by atoms with Crippen molar-refractivity contribution in [1.29, 1.82) is 0 Å². The van der Waals surface area contributed by atoms with Crippen molar-refractivity contribution in [2.45, 2.75) is 6.18 Å². The van der Waals surface area contributed by atoms with Crippen molar-refractivity contribution in [2.24, 2.45) is 5.73 Å². The van der Waals surface area contributed by atoms with Crippen molar-refractivity contribution >= 4 is 52.0 Å². The lowest BCUT2D eigenvalue weighted by Gasteiger charge is -2.12. The summed E-state index contributed by atoms with van der Waals surface area (Å²) in [7, 11) is 0. The first-order chi connectivity index (χ1) is 17.7. The predicted octanol–water partition coefficient (Wildman–Crippen LogP) is 4.84. The van der Waals surface area contributed by atoms with Crippen LogP contribution in [0.25, 0.3) is 22.3 Å². The molecular formula is C22H18ClF3N8O3. The molecule has 0 atom stereocenters. The van der Waals surface area contributed by atoms with E-state index in [1.54, 1.807) is 24.3 Å². The number of aromatic nitrogens is 4. The highest BCUT2D eigenvalue weighted by Crippen LogP contribution is 2.36. The summed E-state index contributed by atoms with van der Waals surface area (Å²) in [5.41, 5.74) is 6.40. The topological polar surface area (TPSA) is 160 Å². The minimum absolute atomic E-state index is 0.0426. The number of fused-ring (bicyclic) bond motifs is 1. The number of rotatable bonds is 6. The van der Waals surface area contributed by atoms with Crippen LogP contribution in [0.4, 0.5) is 40.0 Å². The first-order valence-electron chi connectivity index (χ1n) is 10.5. The van der Waals surface area contributed by atoms with E-state index >= 15 is 0 Å². The van der Waals surface area contributed by atoms with Crippen molar-refractivity contribution in [3.63, 3.8) is 0 Å². The molecule has 11 nitrogen and oxygen atoms in total. The fourth-order valence-corrected chi connectivity index (χ4v) is 3.47. The standard InChI is InChI=1S/C22H18ClF3N8O3/c23-15-6-5-13(9-14(15)22(24,25)26)31-20(35)30-12-3-1-11(2-4-12)16-17-18(34-33-16)19(29-10-28-17)32-21(36)37-8-7-27/h1-6,9-10H,7-8,27H2,(H,33,34)(H2,30,31,35)(H,28,29,32,36). The van der Waals surface area contributed by atoms with E-state index in [2.05, 4.69) is 36.1 Å². The number of alkyl halides is 3. The molecule has 0 unspecified atom stereocenters. The molecule has 0 spiro atoms. The summed E-state index contributed by atoms with van der Waals surface area (Å²) in [6.07, 6.45) is -4.14. The number of anilines is 3. The quantitative estimate of drug-likeness (QED) is 0.236. The summed E-state index contributed by atoms with van der Waals surface area (Å²) in [5, 5.41) is 13.9. The van der Waals surface area contributed by atoms with Crippen LogP contribution in [0.5, 0.6) is 0 Å². The zero-order valence-electron chi connectivity index (χ0n) is 18.7. The van der Waals surface area contributed by atoms with Crippen LogP contribution in [0, 0.1) is 0 Å². The van der Waals surface area contributed by atoms with Crippen LogP contribution in [-0.2, 0) is 10.9 Å². The fourth-order valence-electron chi connectivity index (χ4n) is 3.24. The number of nitrogens with one attached hydrogen (secondary N) is 4. The molecule has 0 saturated carbocycles. The number of ether oxygens (including phenoxy) is 1. The predicted molar refractivity (Wildman–Crippen MR) is 130 cm³/mol. The lowest BCUT2D eigenvalue weighted by molar-refractivity contribution is -0.137. The van der Waals surface area contributed by atoms with E-state index in [0.717, 1.165) is 12.1 Å². The van der Waals surface area contributed by atoms with Gasteiger partial charge in [-0.25, -0.2) is 19.6 Å². The van der Waals surface area contributed by atoms with Gasteiger partial charge < -0.3 is 21.1 Å². The van der Waals surface area contributed by atoms with Crippen molar-refractivity contribution in [1.82, 2.24) is 20.2 Å². The second kappa shape index (κ2) is 10.7. The second-order valence-electron chi connectivity index (χ2n) is 7.42. The molecule has 0 radical (unpaired) electrons. The SMILES string of the molecule is NCCOC(=O)Nc1ncnc2c(-c3ccc(NC(=O)Nc4ccc(Cl)c(C(F)(F)F)c4)cc3)n[nH]c12. The number of hydrogen-bond acceptors (Lipinski definition) is 7. The molecule has 2 heterocycles.